The summed E-state index contributed by atoms with van der Waals surface area (Å²) >= 11 is 1.73. The predicted molar refractivity (Wildman–Crippen MR) is 131 cm³/mol. The summed E-state index contributed by atoms with van der Waals surface area (Å²) < 4.78 is 17.1. The lowest BCUT2D eigenvalue weighted by molar-refractivity contribution is 0.0718. The number of nitrogens with one attached hydrogen (secondary N) is 1. The van der Waals surface area contributed by atoms with Crippen molar-refractivity contribution in [3.8, 4) is 17.6 Å². The van der Waals surface area contributed by atoms with Crippen molar-refractivity contribution in [3.05, 3.63) is 77.4 Å². The first-order valence-electron chi connectivity index (χ1n) is 10.7. The number of methoxy groups -OCH3 is 2. The van der Waals surface area contributed by atoms with E-state index in [1.54, 1.807) is 38.1 Å². The average Bonchev–Trinajstić information content (AvgIpc) is 2.88. The monoisotopic (exact) mass is 461 g/mol. The minimum atomic E-state index is -0.277. The molecular weight excluding hydrogens is 434 g/mol. The van der Waals surface area contributed by atoms with Crippen molar-refractivity contribution in [2.24, 2.45) is 0 Å². The number of hydrogen-bond donors (Lipinski definition) is 1. The third-order valence-corrected chi connectivity index (χ3v) is 6.40. The molecule has 0 saturated carbocycles. The minimum absolute atomic E-state index is 0.277. The Bertz CT molecular complexity index is 1140. The second-order valence-electron chi connectivity index (χ2n) is 7.57. The summed E-state index contributed by atoms with van der Waals surface area (Å²) in [6, 6.07) is 22.3. The molecule has 7 heteroatoms. The zero-order chi connectivity index (χ0) is 23.2. The van der Waals surface area contributed by atoms with Crippen molar-refractivity contribution in [2.45, 2.75) is 17.7 Å². The molecule has 0 spiro atoms. The first-order valence-corrected chi connectivity index (χ1v) is 11.9. The van der Waals surface area contributed by atoms with Gasteiger partial charge in [0.25, 0.3) is 0 Å². The maximum absolute atomic E-state index is 9.62. The molecule has 6 nitrogen and oxygen atoms in total. The summed E-state index contributed by atoms with van der Waals surface area (Å²) in [4.78, 5) is 3.35. The molecule has 0 radical (unpaired) electrons. The van der Waals surface area contributed by atoms with E-state index in [9.17, 15) is 5.26 Å². The van der Waals surface area contributed by atoms with E-state index in [0.29, 0.717) is 31.0 Å². The quantitative estimate of drug-likeness (QED) is 0.363. The molecule has 0 fully saturated rings. The van der Waals surface area contributed by atoms with E-state index in [1.165, 1.54) is 10.5 Å². The van der Waals surface area contributed by atoms with Crippen LogP contribution in [0.1, 0.15) is 22.9 Å². The molecule has 1 unspecified atom stereocenters. The van der Waals surface area contributed by atoms with E-state index >= 15 is 0 Å². The van der Waals surface area contributed by atoms with Crippen LogP contribution in [0.2, 0.25) is 0 Å². The van der Waals surface area contributed by atoms with Crippen LogP contribution in [0.25, 0.3) is 0 Å². The van der Waals surface area contributed by atoms with Crippen molar-refractivity contribution < 1.29 is 14.2 Å². The summed E-state index contributed by atoms with van der Waals surface area (Å²) in [5, 5.41) is 13.1. The molecule has 33 heavy (non-hydrogen) atoms. The number of ether oxygens (including phenoxy) is 3. The molecule has 1 aliphatic rings. The highest BCUT2D eigenvalue weighted by Gasteiger charge is 2.24. The molecule has 3 aromatic rings. The second-order valence-corrected chi connectivity index (χ2v) is 8.45. The van der Waals surface area contributed by atoms with Gasteiger partial charge in [-0.2, -0.15) is 5.26 Å². The Morgan fingerprint density at radius 1 is 1.09 bits per heavy atom. The van der Waals surface area contributed by atoms with Gasteiger partial charge in [0.15, 0.2) is 0 Å². The molecule has 1 atom stereocenters. The molecule has 0 bridgehead atoms. The van der Waals surface area contributed by atoms with Crippen LogP contribution in [0.4, 0.5) is 11.4 Å². The summed E-state index contributed by atoms with van der Waals surface area (Å²) in [5.74, 6) is 1.47. The maximum atomic E-state index is 9.62. The number of hydrogen-bond acceptors (Lipinski definition) is 7. The van der Waals surface area contributed by atoms with Crippen LogP contribution >= 0.6 is 11.8 Å². The van der Waals surface area contributed by atoms with E-state index < -0.39 is 0 Å². The summed E-state index contributed by atoms with van der Waals surface area (Å²) in [5.41, 5.74) is 4.49. The molecule has 170 valence electrons. The normalized spacial score (nSPS) is 13.6. The molecule has 1 aliphatic heterocycles. The lowest BCUT2D eigenvalue weighted by Gasteiger charge is -2.32. The number of rotatable bonds is 8. The smallest absolute Gasteiger partial charge is 0.143 e. The Labute approximate surface area is 199 Å². The van der Waals surface area contributed by atoms with Crippen molar-refractivity contribution in [3.63, 3.8) is 0 Å². The van der Waals surface area contributed by atoms with Crippen molar-refractivity contribution >= 4 is 23.1 Å². The first-order chi connectivity index (χ1) is 16.2. The molecule has 0 aliphatic carbocycles. The van der Waals surface area contributed by atoms with Gasteiger partial charge in [0.2, 0.25) is 0 Å². The summed E-state index contributed by atoms with van der Waals surface area (Å²) in [6.45, 7) is 1.85. The van der Waals surface area contributed by atoms with Gasteiger partial charge in [-0.05, 0) is 53.8 Å². The second kappa shape index (κ2) is 10.6. The van der Waals surface area contributed by atoms with Crippen LogP contribution in [0.3, 0.4) is 0 Å². The van der Waals surface area contributed by atoms with Gasteiger partial charge in [-0.1, -0.05) is 18.2 Å². The molecule has 1 heterocycles. The largest absolute Gasteiger partial charge is 0.497 e. The van der Waals surface area contributed by atoms with Crippen LogP contribution in [0, 0.1) is 11.3 Å². The molecule has 0 aromatic heterocycles. The van der Waals surface area contributed by atoms with Gasteiger partial charge in [-0.15, -0.1) is 11.8 Å². The van der Waals surface area contributed by atoms with Crippen molar-refractivity contribution in [1.29, 1.82) is 5.26 Å². The Hall–Kier alpha value is -3.18. The van der Waals surface area contributed by atoms with Crippen LogP contribution in [-0.2, 0) is 11.3 Å². The van der Waals surface area contributed by atoms with Crippen LogP contribution in [-0.4, -0.2) is 33.6 Å². The van der Waals surface area contributed by atoms with Crippen molar-refractivity contribution in [1.82, 2.24) is 5.32 Å². The Morgan fingerprint density at radius 2 is 1.91 bits per heavy atom. The predicted octanol–water partition coefficient (Wildman–Crippen LogP) is 5.25. The van der Waals surface area contributed by atoms with Gasteiger partial charge in [-0.3, -0.25) is 5.32 Å². The van der Waals surface area contributed by atoms with E-state index in [4.69, 9.17) is 14.2 Å². The highest BCUT2D eigenvalue weighted by molar-refractivity contribution is 7.98. The van der Waals surface area contributed by atoms with E-state index in [1.807, 2.05) is 24.3 Å². The number of fused-ring (bicyclic) bond motifs is 1. The van der Waals surface area contributed by atoms with Gasteiger partial charge < -0.3 is 19.1 Å². The minimum Gasteiger partial charge on any atom is -0.497 e. The molecule has 0 amide bonds. The molecule has 4 rings (SSSR count). The van der Waals surface area contributed by atoms with Crippen LogP contribution in [0.5, 0.6) is 11.5 Å². The van der Waals surface area contributed by atoms with Gasteiger partial charge in [-0.25, -0.2) is 0 Å². The SMILES string of the molecule is COc1ccc(C#N)c(N2CCOc3cc(C(NCc4ccc(SC)cc4)OC)ccc32)c1. The van der Waals surface area contributed by atoms with Gasteiger partial charge in [0, 0.05) is 24.6 Å². The first kappa shape index (κ1) is 23.0. The molecule has 1 N–H and O–H groups in total. The highest BCUT2D eigenvalue weighted by Crippen LogP contribution is 2.40. The zero-order valence-corrected chi connectivity index (χ0v) is 19.8. The number of anilines is 2. The molecular formula is C26H27N3O3S. The van der Waals surface area contributed by atoms with Gasteiger partial charge >= 0.3 is 0 Å². The number of thioether (sulfide) groups is 1. The van der Waals surface area contributed by atoms with Crippen molar-refractivity contribution in [2.75, 3.05) is 38.5 Å². The third kappa shape index (κ3) is 5.09. The Kier molecular flexibility index (Phi) is 7.40. The third-order valence-electron chi connectivity index (χ3n) is 5.65. The topological polar surface area (TPSA) is 66.8 Å². The number of nitriles is 1. The van der Waals surface area contributed by atoms with Gasteiger partial charge in [0.05, 0.1) is 30.6 Å². The molecule has 3 aromatic carbocycles. The fourth-order valence-corrected chi connectivity index (χ4v) is 4.31. The van der Waals surface area contributed by atoms with Gasteiger partial charge in [0.1, 0.15) is 30.4 Å². The van der Waals surface area contributed by atoms with E-state index in [2.05, 4.69) is 46.8 Å². The van der Waals surface area contributed by atoms with E-state index in [0.717, 1.165) is 22.7 Å². The average molecular weight is 462 g/mol. The zero-order valence-electron chi connectivity index (χ0n) is 19.0. The summed E-state index contributed by atoms with van der Waals surface area (Å²) in [6.07, 6.45) is 1.80. The molecule has 0 saturated heterocycles. The Balaban J connectivity index is 1.56. The lowest BCUT2D eigenvalue weighted by Crippen LogP contribution is -2.29. The van der Waals surface area contributed by atoms with E-state index in [-0.39, 0.29) is 6.23 Å². The fraction of sp³-hybridized carbons (Fsp3) is 0.269. The highest BCUT2D eigenvalue weighted by atomic mass is 32.2. The van der Waals surface area contributed by atoms with Crippen LogP contribution in [0.15, 0.2) is 65.6 Å². The lowest BCUT2D eigenvalue weighted by atomic mass is 10.1. The summed E-state index contributed by atoms with van der Waals surface area (Å²) in [7, 11) is 3.32. The standard InChI is InChI=1S/C26H27N3O3S/c1-30-21-8-6-20(16-27)24(15-21)29-12-13-32-25-14-19(7-11-23(25)29)26(31-2)28-17-18-4-9-22(33-3)10-5-18/h4-11,14-15,26,28H,12-13,17H2,1-3H3. The Morgan fingerprint density at radius 3 is 2.61 bits per heavy atom. The van der Waals surface area contributed by atoms with Crippen LogP contribution < -0.4 is 19.7 Å². The fourth-order valence-electron chi connectivity index (χ4n) is 3.90. The maximum Gasteiger partial charge on any atom is 0.143 e. The number of benzene rings is 3. The number of nitrogens with zero attached hydrogens (tertiary/aromatic N) is 2.